The highest BCUT2D eigenvalue weighted by molar-refractivity contribution is 6.31. The molecule has 0 radical (unpaired) electrons. The maximum absolute atomic E-state index is 14.8. The van der Waals surface area contributed by atoms with Crippen LogP contribution in [0.4, 0.5) is 14.6 Å². The number of nitrogens with zero attached hydrogens (tertiary/aromatic N) is 5. The van der Waals surface area contributed by atoms with Crippen molar-refractivity contribution < 1.29 is 23.0 Å². The molecule has 0 saturated carbocycles. The standard InChI is InChI=1S/C26H27ClF2N6O3/c27-22-18(28)4-3-17(23(22)29)24-25-21(26(30)33-15-32-25)19(14-31-24)38-16-5-8-35(9-6-16)20(36)2-1-7-34-10-12-37-13-11-34/h1-4,14-16H,5-13H2,(H2,30,32,33)/b2-1+. The van der Waals surface area contributed by atoms with Crippen LogP contribution >= 0.6 is 11.6 Å². The van der Waals surface area contributed by atoms with Crippen molar-refractivity contribution in [2.75, 3.05) is 51.7 Å². The molecule has 2 fully saturated rings. The number of carbonyl (C=O) groups is 1. The number of amides is 1. The van der Waals surface area contributed by atoms with Gasteiger partial charge in [0, 0.05) is 57.2 Å². The fourth-order valence-corrected chi connectivity index (χ4v) is 4.80. The van der Waals surface area contributed by atoms with Crippen molar-refractivity contribution >= 4 is 34.2 Å². The molecule has 0 atom stereocenters. The lowest BCUT2D eigenvalue weighted by Gasteiger charge is -2.32. The number of nitrogen functional groups attached to an aromatic ring is 1. The van der Waals surface area contributed by atoms with Gasteiger partial charge in [-0.05, 0) is 12.1 Å². The van der Waals surface area contributed by atoms with Gasteiger partial charge in [0.2, 0.25) is 5.91 Å². The summed E-state index contributed by atoms with van der Waals surface area (Å²) in [6.07, 6.45) is 7.24. The number of carbonyl (C=O) groups excluding carboxylic acids is 1. The lowest BCUT2D eigenvalue weighted by atomic mass is 10.1. The minimum Gasteiger partial charge on any atom is -0.488 e. The third kappa shape index (κ3) is 5.54. The van der Waals surface area contributed by atoms with Crippen LogP contribution in [0.5, 0.6) is 5.75 Å². The predicted molar refractivity (Wildman–Crippen MR) is 139 cm³/mol. The van der Waals surface area contributed by atoms with E-state index in [2.05, 4.69) is 19.9 Å². The number of halogens is 3. The van der Waals surface area contributed by atoms with Gasteiger partial charge in [-0.15, -0.1) is 0 Å². The summed E-state index contributed by atoms with van der Waals surface area (Å²) in [5.74, 6) is -1.34. The second-order valence-corrected chi connectivity index (χ2v) is 9.51. The third-order valence-corrected chi connectivity index (χ3v) is 7.07. The van der Waals surface area contributed by atoms with Crippen LogP contribution in [0, 0.1) is 11.6 Å². The Morgan fingerprint density at radius 2 is 1.92 bits per heavy atom. The van der Waals surface area contributed by atoms with Crippen LogP contribution in [-0.4, -0.2) is 82.7 Å². The Balaban J connectivity index is 1.27. The Labute approximate surface area is 223 Å². The molecule has 200 valence electrons. The molecule has 3 aromatic rings. The number of ether oxygens (including phenoxy) is 2. The molecule has 2 aromatic heterocycles. The molecular weight excluding hydrogens is 518 g/mol. The first-order valence-electron chi connectivity index (χ1n) is 12.4. The van der Waals surface area contributed by atoms with Crippen LogP contribution in [0.25, 0.3) is 22.2 Å². The molecule has 1 aromatic carbocycles. The highest BCUT2D eigenvalue weighted by Gasteiger charge is 2.25. The first-order chi connectivity index (χ1) is 18.4. The zero-order chi connectivity index (χ0) is 26.6. The van der Waals surface area contributed by atoms with Crippen molar-refractivity contribution in [3.63, 3.8) is 0 Å². The van der Waals surface area contributed by atoms with E-state index in [9.17, 15) is 13.6 Å². The molecule has 5 rings (SSSR count). The molecule has 12 heteroatoms. The number of hydrogen-bond donors (Lipinski definition) is 1. The van der Waals surface area contributed by atoms with Crippen molar-refractivity contribution in [2.24, 2.45) is 0 Å². The van der Waals surface area contributed by atoms with Gasteiger partial charge in [-0.2, -0.15) is 0 Å². The Morgan fingerprint density at radius 1 is 1.16 bits per heavy atom. The molecule has 2 saturated heterocycles. The zero-order valence-electron chi connectivity index (χ0n) is 20.6. The quantitative estimate of drug-likeness (QED) is 0.371. The number of piperidine rings is 1. The van der Waals surface area contributed by atoms with Crippen LogP contribution in [0.1, 0.15) is 12.8 Å². The fourth-order valence-electron chi connectivity index (χ4n) is 4.63. The van der Waals surface area contributed by atoms with Crippen molar-refractivity contribution in [2.45, 2.75) is 18.9 Å². The van der Waals surface area contributed by atoms with E-state index in [4.69, 9.17) is 26.8 Å². The normalized spacial score (nSPS) is 17.4. The number of hydrogen-bond acceptors (Lipinski definition) is 8. The van der Waals surface area contributed by atoms with Gasteiger partial charge in [0.15, 0.2) is 11.6 Å². The summed E-state index contributed by atoms with van der Waals surface area (Å²) in [6, 6.07) is 2.31. The summed E-state index contributed by atoms with van der Waals surface area (Å²) in [5.41, 5.74) is 6.54. The van der Waals surface area contributed by atoms with Gasteiger partial charge in [0.05, 0.1) is 30.5 Å². The Bertz CT molecular complexity index is 1360. The second-order valence-electron chi connectivity index (χ2n) is 9.13. The molecule has 1 amide bonds. The van der Waals surface area contributed by atoms with Gasteiger partial charge >= 0.3 is 0 Å². The molecule has 0 spiro atoms. The van der Waals surface area contributed by atoms with Crippen LogP contribution in [0.3, 0.4) is 0 Å². The van der Waals surface area contributed by atoms with E-state index in [1.165, 1.54) is 18.6 Å². The number of fused-ring (bicyclic) bond motifs is 1. The summed E-state index contributed by atoms with van der Waals surface area (Å²) >= 11 is 5.77. The van der Waals surface area contributed by atoms with Crippen molar-refractivity contribution in [1.29, 1.82) is 0 Å². The van der Waals surface area contributed by atoms with Crippen LogP contribution in [0.15, 0.2) is 36.8 Å². The van der Waals surface area contributed by atoms with E-state index < -0.39 is 16.7 Å². The second kappa shape index (κ2) is 11.5. The number of anilines is 1. The van der Waals surface area contributed by atoms with Gasteiger partial charge in [0.25, 0.3) is 0 Å². The van der Waals surface area contributed by atoms with Crippen molar-refractivity contribution in [3.8, 4) is 17.0 Å². The number of morpholine rings is 1. The molecule has 38 heavy (non-hydrogen) atoms. The number of pyridine rings is 1. The smallest absolute Gasteiger partial charge is 0.246 e. The van der Waals surface area contributed by atoms with E-state index >= 15 is 0 Å². The van der Waals surface area contributed by atoms with Crippen LogP contribution in [-0.2, 0) is 9.53 Å². The number of rotatable bonds is 6. The lowest BCUT2D eigenvalue weighted by molar-refractivity contribution is -0.127. The monoisotopic (exact) mass is 544 g/mol. The largest absolute Gasteiger partial charge is 0.488 e. The number of benzene rings is 1. The average Bonchev–Trinajstić information content (AvgIpc) is 2.93. The third-order valence-electron chi connectivity index (χ3n) is 6.72. The molecule has 2 N–H and O–H groups in total. The number of nitrogens with two attached hydrogens (primary N) is 1. The van der Waals surface area contributed by atoms with Crippen molar-refractivity contribution in [3.05, 3.63) is 53.5 Å². The Morgan fingerprint density at radius 3 is 2.68 bits per heavy atom. The first kappa shape index (κ1) is 26.2. The molecule has 4 heterocycles. The highest BCUT2D eigenvalue weighted by atomic mass is 35.5. The van der Waals surface area contributed by atoms with E-state index in [1.54, 1.807) is 11.0 Å². The molecular formula is C26H27ClF2N6O3. The number of likely N-dealkylation sites (tertiary alicyclic amines) is 1. The van der Waals surface area contributed by atoms with Crippen molar-refractivity contribution in [1.82, 2.24) is 24.8 Å². The first-order valence-corrected chi connectivity index (χ1v) is 12.8. The SMILES string of the molecule is Nc1ncnc2c(-c3ccc(F)c(Cl)c3F)ncc(OC3CCN(C(=O)/C=C/CN4CCOCC4)CC3)c12. The van der Waals surface area contributed by atoms with E-state index in [0.29, 0.717) is 37.1 Å². The maximum atomic E-state index is 14.8. The van der Waals surface area contributed by atoms with E-state index in [1.807, 2.05) is 6.08 Å². The zero-order valence-corrected chi connectivity index (χ0v) is 21.3. The van der Waals surface area contributed by atoms with Gasteiger partial charge in [-0.3, -0.25) is 9.69 Å². The predicted octanol–water partition coefficient (Wildman–Crippen LogP) is 3.46. The minimum atomic E-state index is -0.942. The molecule has 0 aliphatic carbocycles. The van der Waals surface area contributed by atoms with Gasteiger partial charge < -0.3 is 20.1 Å². The van der Waals surface area contributed by atoms with Crippen LogP contribution in [0.2, 0.25) is 5.02 Å². The molecule has 0 bridgehead atoms. The Kier molecular flexibility index (Phi) is 7.96. The average molecular weight is 545 g/mol. The van der Waals surface area contributed by atoms with Gasteiger partial charge in [-0.1, -0.05) is 17.7 Å². The van der Waals surface area contributed by atoms with Crippen LogP contribution < -0.4 is 10.5 Å². The maximum Gasteiger partial charge on any atom is 0.246 e. The topological polar surface area (TPSA) is 107 Å². The van der Waals surface area contributed by atoms with Gasteiger partial charge in [-0.25, -0.2) is 23.7 Å². The molecule has 9 nitrogen and oxygen atoms in total. The summed E-state index contributed by atoms with van der Waals surface area (Å²) < 4.78 is 40.0. The summed E-state index contributed by atoms with van der Waals surface area (Å²) in [6.45, 7) is 4.99. The van der Waals surface area contributed by atoms with E-state index in [-0.39, 0.29) is 34.6 Å². The minimum absolute atomic E-state index is 0.0143. The Hall–Kier alpha value is -3.41. The molecule has 0 unspecified atom stereocenters. The van der Waals surface area contributed by atoms with Gasteiger partial charge in [0.1, 0.15) is 34.6 Å². The molecule has 2 aliphatic heterocycles. The van der Waals surface area contributed by atoms with E-state index in [0.717, 1.165) is 38.9 Å². The summed E-state index contributed by atoms with van der Waals surface area (Å²) in [4.78, 5) is 29.3. The number of aromatic nitrogens is 3. The fraction of sp³-hybridized carbons (Fsp3) is 0.385. The summed E-state index contributed by atoms with van der Waals surface area (Å²) in [7, 11) is 0. The highest BCUT2D eigenvalue weighted by Crippen LogP contribution is 2.37. The lowest BCUT2D eigenvalue weighted by Crippen LogP contribution is -2.41. The molecule has 2 aliphatic rings. The summed E-state index contributed by atoms with van der Waals surface area (Å²) in [5, 5.41) is -0.251.